The van der Waals surface area contributed by atoms with Gasteiger partial charge in [-0.1, -0.05) is 37.1 Å². The van der Waals surface area contributed by atoms with E-state index in [0.717, 1.165) is 24.4 Å². The van der Waals surface area contributed by atoms with Crippen molar-refractivity contribution >= 4 is 0 Å². The number of allylic oxidation sites excluding steroid dienone is 3. The SMILES string of the molecule is CC1=CCC(C2OC[C@@H]3C(C)C=C(C)[C@H]2C3C)CC1. The molecule has 2 aliphatic carbocycles. The molecule has 0 aromatic heterocycles. The van der Waals surface area contributed by atoms with Gasteiger partial charge >= 0.3 is 0 Å². The van der Waals surface area contributed by atoms with Crippen molar-refractivity contribution < 1.29 is 4.74 Å². The molecule has 1 nitrogen and oxygen atoms in total. The summed E-state index contributed by atoms with van der Waals surface area (Å²) in [5, 5.41) is 0. The first kappa shape index (κ1) is 13.4. The lowest BCUT2D eigenvalue weighted by Gasteiger charge is -2.50. The van der Waals surface area contributed by atoms with Gasteiger partial charge in [-0.25, -0.2) is 0 Å². The maximum Gasteiger partial charge on any atom is 0.0674 e. The molecule has 0 radical (unpaired) electrons. The average Bonchev–Trinajstić information content (AvgIpc) is 2.37. The van der Waals surface area contributed by atoms with E-state index < -0.39 is 0 Å². The van der Waals surface area contributed by atoms with Crippen LogP contribution in [-0.2, 0) is 4.74 Å². The second-order valence-electron chi connectivity index (χ2n) is 7.20. The lowest BCUT2D eigenvalue weighted by atomic mass is 9.63. The van der Waals surface area contributed by atoms with E-state index in [-0.39, 0.29) is 0 Å². The highest BCUT2D eigenvalue weighted by molar-refractivity contribution is 5.18. The molecule has 0 N–H and O–H groups in total. The second-order valence-corrected chi connectivity index (χ2v) is 7.20. The van der Waals surface area contributed by atoms with Crippen LogP contribution in [0.5, 0.6) is 0 Å². The Morgan fingerprint density at radius 1 is 1.21 bits per heavy atom. The quantitative estimate of drug-likeness (QED) is 0.626. The van der Waals surface area contributed by atoms with Crippen LogP contribution in [-0.4, -0.2) is 12.7 Å². The molecule has 19 heavy (non-hydrogen) atoms. The first-order chi connectivity index (χ1) is 9.08. The van der Waals surface area contributed by atoms with Gasteiger partial charge < -0.3 is 4.74 Å². The standard InChI is InChI=1S/C18H28O/c1-11-5-7-15(8-6-11)18-17-13(3)9-12(2)16(10-19-18)14(17)4/h5,9,12,14-18H,6-8,10H2,1-4H3/t12?,14?,15?,16-,17+,18?/m1/s1. The molecule has 1 aliphatic heterocycles. The number of hydrogen-bond acceptors (Lipinski definition) is 1. The molecule has 2 bridgehead atoms. The van der Waals surface area contributed by atoms with Gasteiger partial charge in [0.15, 0.2) is 0 Å². The molecule has 3 rings (SSSR count). The van der Waals surface area contributed by atoms with Crippen molar-refractivity contribution in [2.45, 2.75) is 53.1 Å². The Bertz CT molecular complexity index is 406. The molecule has 0 saturated carbocycles. The van der Waals surface area contributed by atoms with Crippen molar-refractivity contribution in [3.05, 3.63) is 23.3 Å². The van der Waals surface area contributed by atoms with E-state index >= 15 is 0 Å². The first-order valence-electron chi connectivity index (χ1n) is 8.03. The Labute approximate surface area is 118 Å². The molecule has 0 spiro atoms. The van der Waals surface area contributed by atoms with E-state index in [1.54, 1.807) is 11.1 Å². The molecule has 106 valence electrons. The molecule has 1 fully saturated rings. The lowest BCUT2D eigenvalue weighted by molar-refractivity contribution is -0.117. The predicted octanol–water partition coefficient (Wildman–Crippen LogP) is 4.60. The molecular formula is C18H28O. The highest BCUT2D eigenvalue weighted by Gasteiger charge is 2.45. The molecule has 6 atom stereocenters. The zero-order chi connectivity index (χ0) is 13.6. The van der Waals surface area contributed by atoms with Gasteiger partial charge in [0.05, 0.1) is 12.7 Å². The maximum atomic E-state index is 6.36. The van der Waals surface area contributed by atoms with Gasteiger partial charge in [-0.05, 0) is 56.8 Å². The third kappa shape index (κ3) is 2.31. The second kappa shape index (κ2) is 5.09. The van der Waals surface area contributed by atoms with Crippen molar-refractivity contribution in [3.63, 3.8) is 0 Å². The average molecular weight is 260 g/mol. The Morgan fingerprint density at radius 2 is 2.00 bits per heavy atom. The van der Waals surface area contributed by atoms with Crippen LogP contribution in [0.3, 0.4) is 0 Å². The monoisotopic (exact) mass is 260 g/mol. The zero-order valence-electron chi connectivity index (χ0n) is 12.9. The molecule has 3 aliphatic rings. The number of fused-ring (bicyclic) bond motifs is 2. The van der Waals surface area contributed by atoms with E-state index in [1.165, 1.54) is 19.3 Å². The summed E-state index contributed by atoms with van der Waals surface area (Å²) in [6.07, 6.45) is 9.26. The molecule has 0 aromatic carbocycles. The van der Waals surface area contributed by atoms with Gasteiger partial charge in [0.25, 0.3) is 0 Å². The largest absolute Gasteiger partial charge is 0.377 e. The van der Waals surface area contributed by atoms with Crippen molar-refractivity contribution in [2.75, 3.05) is 6.61 Å². The van der Waals surface area contributed by atoms with Crippen molar-refractivity contribution in [2.24, 2.45) is 29.6 Å². The van der Waals surface area contributed by atoms with Gasteiger partial charge in [0, 0.05) is 5.92 Å². The molecule has 0 aromatic rings. The van der Waals surface area contributed by atoms with Crippen molar-refractivity contribution in [1.29, 1.82) is 0 Å². The van der Waals surface area contributed by atoms with Gasteiger partial charge in [-0.2, -0.15) is 0 Å². The van der Waals surface area contributed by atoms with Crippen LogP contribution in [0.15, 0.2) is 23.3 Å². The fraction of sp³-hybridized carbons (Fsp3) is 0.778. The van der Waals surface area contributed by atoms with Crippen LogP contribution in [0.2, 0.25) is 0 Å². The van der Waals surface area contributed by atoms with Gasteiger partial charge in [0.2, 0.25) is 0 Å². The van der Waals surface area contributed by atoms with Crippen molar-refractivity contribution in [1.82, 2.24) is 0 Å². The first-order valence-corrected chi connectivity index (χ1v) is 8.03. The number of hydrogen-bond donors (Lipinski definition) is 0. The minimum atomic E-state index is 0.472. The summed E-state index contributed by atoms with van der Waals surface area (Å²) in [6, 6.07) is 0. The fourth-order valence-electron chi connectivity index (χ4n) is 4.71. The highest BCUT2D eigenvalue weighted by Crippen LogP contribution is 2.47. The van der Waals surface area contributed by atoms with Crippen LogP contribution in [0.1, 0.15) is 47.0 Å². The summed E-state index contributed by atoms with van der Waals surface area (Å²) in [5.41, 5.74) is 3.16. The smallest absolute Gasteiger partial charge is 0.0674 e. The minimum absolute atomic E-state index is 0.472. The summed E-state index contributed by atoms with van der Waals surface area (Å²) >= 11 is 0. The van der Waals surface area contributed by atoms with Crippen LogP contribution < -0.4 is 0 Å². The Kier molecular flexibility index (Phi) is 3.59. The van der Waals surface area contributed by atoms with E-state index in [0.29, 0.717) is 17.9 Å². The zero-order valence-corrected chi connectivity index (χ0v) is 12.9. The van der Waals surface area contributed by atoms with Gasteiger partial charge in [0.1, 0.15) is 0 Å². The number of ether oxygens (including phenoxy) is 1. The van der Waals surface area contributed by atoms with Crippen LogP contribution >= 0.6 is 0 Å². The van der Waals surface area contributed by atoms with Crippen LogP contribution in [0.25, 0.3) is 0 Å². The van der Waals surface area contributed by atoms with E-state index in [1.807, 2.05) is 0 Å². The summed E-state index contributed by atoms with van der Waals surface area (Å²) in [5.74, 6) is 3.65. The third-order valence-electron chi connectivity index (χ3n) is 5.95. The van der Waals surface area contributed by atoms with Crippen molar-refractivity contribution in [3.8, 4) is 0 Å². The van der Waals surface area contributed by atoms with Crippen LogP contribution in [0.4, 0.5) is 0 Å². The molecule has 1 saturated heterocycles. The highest BCUT2D eigenvalue weighted by atomic mass is 16.5. The molecule has 4 unspecified atom stereocenters. The molecule has 1 heterocycles. The van der Waals surface area contributed by atoms with Gasteiger partial charge in [-0.3, -0.25) is 0 Å². The third-order valence-corrected chi connectivity index (χ3v) is 5.95. The predicted molar refractivity (Wildman–Crippen MR) is 79.9 cm³/mol. The summed E-state index contributed by atoms with van der Waals surface area (Å²) < 4.78 is 6.36. The van der Waals surface area contributed by atoms with E-state index in [9.17, 15) is 0 Å². The Balaban J connectivity index is 1.82. The minimum Gasteiger partial charge on any atom is -0.377 e. The summed E-state index contributed by atoms with van der Waals surface area (Å²) in [6.45, 7) is 10.4. The molecule has 0 amide bonds. The van der Waals surface area contributed by atoms with Crippen LogP contribution in [0, 0.1) is 29.6 Å². The lowest BCUT2D eigenvalue weighted by Crippen LogP contribution is -2.49. The normalized spacial score (nSPS) is 46.5. The summed E-state index contributed by atoms with van der Waals surface area (Å²) in [4.78, 5) is 0. The Morgan fingerprint density at radius 3 is 2.68 bits per heavy atom. The van der Waals surface area contributed by atoms with E-state index in [2.05, 4.69) is 39.8 Å². The molecular weight excluding hydrogens is 232 g/mol. The van der Waals surface area contributed by atoms with Gasteiger partial charge in [-0.15, -0.1) is 0 Å². The summed E-state index contributed by atoms with van der Waals surface area (Å²) in [7, 11) is 0. The maximum absolute atomic E-state index is 6.36. The molecule has 1 heteroatoms. The topological polar surface area (TPSA) is 9.23 Å². The Hall–Kier alpha value is -0.560. The van der Waals surface area contributed by atoms with E-state index in [4.69, 9.17) is 4.74 Å². The number of rotatable bonds is 1. The fourth-order valence-corrected chi connectivity index (χ4v) is 4.71.